The Balaban J connectivity index is 1.75. The molecule has 30 heavy (non-hydrogen) atoms. The first-order valence-electron chi connectivity index (χ1n) is 9.72. The van der Waals surface area contributed by atoms with E-state index in [4.69, 9.17) is 0 Å². The molecule has 0 spiro atoms. The van der Waals surface area contributed by atoms with Gasteiger partial charge in [0.15, 0.2) is 0 Å². The highest BCUT2D eigenvalue weighted by molar-refractivity contribution is 5.89. The van der Waals surface area contributed by atoms with Gasteiger partial charge < -0.3 is 14.6 Å². The van der Waals surface area contributed by atoms with Gasteiger partial charge in [0.2, 0.25) is 5.91 Å². The van der Waals surface area contributed by atoms with Gasteiger partial charge in [0.25, 0.3) is 5.56 Å². The molecule has 2 aromatic heterocycles. The second kappa shape index (κ2) is 7.98. The maximum Gasteiger partial charge on any atom is 0.341 e. The van der Waals surface area contributed by atoms with Crippen LogP contribution in [0.1, 0.15) is 39.5 Å². The molecule has 0 unspecified atom stereocenters. The number of amides is 1. The van der Waals surface area contributed by atoms with E-state index in [1.165, 1.54) is 11.5 Å². The Morgan fingerprint density at radius 2 is 1.87 bits per heavy atom. The largest absolute Gasteiger partial charge is 0.477 e. The molecule has 1 amide bonds. The van der Waals surface area contributed by atoms with Crippen molar-refractivity contribution in [2.75, 3.05) is 6.54 Å². The number of rotatable bonds is 5. The number of pyridine rings is 1. The van der Waals surface area contributed by atoms with Gasteiger partial charge in [-0.3, -0.25) is 14.3 Å². The molecule has 4 rings (SSSR count). The van der Waals surface area contributed by atoms with Gasteiger partial charge in [0, 0.05) is 38.6 Å². The van der Waals surface area contributed by atoms with E-state index in [0.717, 1.165) is 11.1 Å². The molecular formula is C22H22N4O4. The highest BCUT2D eigenvalue weighted by Gasteiger charge is 2.27. The first-order valence-corrected chi connectivity index (χ1v) is 9.72. The van der Waals surface area contributed by atoms with Gasteiger partial charge in [-0.1, -0.05) is 24.3 Å². The smallest absolute Gasteiger partial charge is 0.341 e. The van der Waals surface area contributed by atoms with Crippen molar-refractivity contribution >= 4 is 11.9 Å². The zero-order valence-electron chi connectivity index (χ0n) is 16.6. The van der Waals surface area contributed by atoms with E-state index < -0.39 is 11.5 Å². The minimum atomic E-state index is -1.23. The molecule has 0 bridgehead atoms. The van der Waals surface area contributed by atoms with E-state index in [1.807, 2.05) is 36.5 Å². The quantitative estimate of drug-likeness (QED) is 0.696. The Bertz CT molecular complexity index is 1160. The van der Waals surface area contributed by atoms with Gasteiger partial charge in [-0.25, -0.2) is 4.79 Å². The van der Waals surface area contributed by atoms with Crippen LogP contribution in [0.25, 0.3) is 0 Å². The number of carbonyl (C=O) groups is 2. The van der Waals surface area contributed by atoms with E-state index in [-0.39, 0.29) is 18.0 Å². The fraction of sp³-hybridized carbons (Fsp3) is 0.273. The van der Waals surface area contributed by atoms with Crippen molar-refractivity contribution in [1.29, 1.82) is 0 Å². The van der Waals surface area contributed by atoms with Gasteiger partial charge in [-0.2, -0.15) is 5.10 Å². The van der Waals surface area contributed by atoms with Crippen molar-refractivity contribution in [3.8, 4) is 0 Å². The summed E-state index contributed by atoms with van der Waals surface area (Å²) in [5.41, 5.74) is 2.43. The summed E-state index contributed by atoms with van der Waals surface area (Å²) >= 11 is 0. The first-order chi connectivity index (χ1) is 14.4. The molecule has 154 valence electrons. The Hall–Kier alpha value is -3.68. The van der Waals surface area contributed by atoms with E-state index in [2.05, 4.69) is 5.10 Å². The maximum absolute atomic E-state index is 13.0. The van der Waals surface area contributed by atoms with Crippen LogP contribution in [-0.2, 0) is 30.8 Å². The third kappa shape index (κ3) is 3.76. The number of carboxylic acid groups (broad SMARTS) is 1. The van der Waals surface area contributed by atoms with Crippen molar-refractivity contribution in [1.82, 2.24) is 19.2 Å². The van der Waals surface area contributed by atoms with Gasteiger partial charge in [0.05, 0.1) is 13.1 Å². The first kappa shape index (κ1) is 19.6. The van der Waals surface area contributed by atoms with E-state index >= 15 is 0 Å². The Kier molecular flexibility index (Phi) is 5.22. The van der Waals surface area contributed by atoms with E-state index in [9.17, 15) is 19.5 Å². The van der Waals surface area contributed by atoms with Crippen molar-refractivity contribution in [2.45, 2.75) is 33.0 Å². The van der Waals surface area contributed by atoms with Crippen LogP contribution in [0.15, 0.2) is 53.7 Å². The highest BCUT2D eigenvalue weighted by atomic mass is 16.4. The molecule has 8 heteroatoms. The lowest BCUT2D eigenvalue weighted by atomic mass is 9.96. The monoisotopic (exact) mass is 406 g/mol. The lowest BCUT2D eigenvalue weighted by Gasteiger charge is -2.29. The topological polar surface area (TPSA) is 97.4 Å². The minimum absolute atomic E-state index is 0.0696. The lowest BCUT2D eigenvalue weighted by molar-refractivity contribution is -0.129. The predicted molar refractivity (Wildman–Crippen MR) is 109 cm³/mol. The molecular weight excluding hydrogens is 384 g/mol. The molecule has 1 aromatic carbocycles. The molecule has 1 aliphatic rings. The molecule has 0 saturated carbocycles. The van der Waals surface area contributed by atoms with E-state index in [0.29, 0.717) is 37.2 Å². The molecule has 8 nitrogen and oxygen atoms in total. The van der Waals surface area contributed by atoms with Crippen LogP contribution < -0.4 is 5.56 Å². The molecule has 0 atom stereocenters. The molecule has 1 aliphatic heterocycles. The minimum Gasteiger partial charge on any atom is -0.477 e. The normalized spacial score (nSPS) is 13.2. The number of aromatic nitrogens is 3. The summed E-state index contributed by atoms with van der Waals surface area (Å²) in [5.74, 6) is -1.30. The van der Waals surface area contributed by atoms with Crippen molar-refractivity contribution in [3.63, 3.8) is 0 Å². The third-order valence-corrected chi connectivity index (χ3v) is 5.48. The summed E-state index contributed by atoms with van der Waals surface area (Å²) < 4.78 is 3.23. The Labute approximate surface area is 173 Å². The number of hydrogen-bond acceptors (Lipinski definition) is 4. The summed E-state index contributed by atoms with van der Waals surface area (Å²) in [7, 11) is 0. The predicted octanol–water partition coefficient (Wildman–Crippen LogP) is 1.74. The summed E-state index contributed by atoms with van der Waals surface area (Å²) in [6, 6.07) is 9.55. The van der Waals surface area contributed by atoms with Crippen molar-refractivity contribution in [2.24, 2.45) is 0 Å². The van der Waals surface area contributed by atoms with Gasteiger partial charge in [0.1, 0.15) is 5.56 Å². The van der Waals surface area contributed by atoms with Crippen LogP contribution >= 0.6 is 0 Å². The summed E-state index contributed by atoms with van der Waals surface area (Å²) in [6.07, 6.45) is 5.63. The number of nitrogens with zero attached hydrogens (tertiary/aromatic N) is 4. The molecule has 0 aliphatic carbocycles. The van der Waals surface area contributed by atoms with Crippen LogP contribution in [0.3, 0.4) is 0 Å². The molecule has 1 N–H and O–H groups in total. The summed E-state index contributed by atoms with van der Waals surface area (Å²) in [4.78, 5) is 38.4. The molecule has 3 aromatic rings. The maximum atomic E-state index is 13.0. The number of fused-ring (bicyclic) bond motifs is 1. The average molecular weight is 406 g/mol. The SMILES string of the molecule is CC(=O)N1CCc2c(cn(Cc3ccccc3Cn3cccn3)c(=O)c2C(=O)O)C1. The van der Waals surface area contributed by atoms with Crippen molar-refractivity contribution < 1.29 is 14.7 Å². The zero-order chi connectivity index (χ0) is 21.3. The number of aromatic carboxylic acids is 1. The molecule has 3 heterocycles. The molecule has 0 saturated heterocycles. The van der Waals surface area contributed by atoms with Crippen LogP contribution in [0.2, 0.25) is 0 Å². The fourth-order valence-corrected chi connectivity index (χ4v) is 3.94. The van der Waals surface area contributed by atoms with Crippen LogP contribution in [0.4, 0.5) is 0 Å². The summed E-state index contributed by atoms with van der Waals surface area (Å²) in [6.45, 7) is 3.00. The standard InChI is InChI=1S/C22H22N4O4/c1-15(27)24-10-7-19-18(12-24)13-25(21(28)20(19)22(29)30)11-16-5-2-3-6-17(16)14-26-9-4-8-23-26/h2-6,8-9,13H,7,10-12,14H2,1H3,(H,29,30). The third-order valence-electron chi connectivity index (χ3n) is 5.48. The summed E-state index contributed by atoms with van der Waals surface area (Å²) in [5, 5.41) is 13.9. The molecule has 0 fully saturated rings. The second-order valence-electron chi connectivity index (χ2n) is 7.41. The van der Waals surface area contributed by atoms with E-state index in [1.54, 1.807) is 22.0 Å². The number of benzene rings is 1. The number of hydrogen-bond donors (Lipinski definition) is 1. The highest BCUT2D eigenvalue weighted by Crippen LogP contribution is 2.22. The van der Waals surface area contributed by atoms with Crippen LogP contribution in [-0.4, -0.2) is 42.8 Å². The van der Waals surface area contributed by atoms with Gasteiger partial charge >= 0.3 is 5.97 Å². The Morgan fingerprint density at radius 3 is 2.50 bits per heavy atom. The molecule has 0 radical (unpaired) electrons. The zero-order valence-corrected chi connectivity index (χ0v) is 16.6. The average Bonchev–Trinajstić information content (AvgIpc) is 3.22. The number of carbonyl (C=O) groups excluding carboxylic acids is 1. The fourth-order valence-electron chi connectivity index (χ4n) is 3.94. The van der Waals surface area contributed by atoms with Gasteiger partial charge in [-0.15, -0.1) is 0 Å². The van der Waals surface area contributed by atoms with Crippen molar-refractivity contribution in [3.05, 3.63) is 87.1 Å². The second-order valence-corrected chi connectivity index (χ2v) is 7.41. The van der Waals surface area contributed by atoms with Crippen LogP contribution in [0.5, 0.6) is 0 Å². The van der Waals surface area contributed by atoms with Gasteiger partial charge in [-0.05, 0) is 34.7 Å². The number of carboxylic acids is 1. The lowest BCUT2D eigenvalue weighted by Crippen LogP contribution is -2.38. The van der Waals surface area contributed by atoms with Crippen LogP contribution in [0, 0.1) is 0 Å². The Morgan fingerprint density at radius 1 is 1.13 bits per heavy atom.